The molecule has 2 saturated carbocycles. The Labute approximate surface area is 119 Å². The van der Waals surface area contributed by atoms with Crippen molar-refractivity contribution in [3.05, 3.63) is 0 Å². The molecule has 0 N–H and O–H groups in total. The van der Waals surface area contributed by atoms with Crippen LogP contribution in [0, 0.1) is 0 Å². The smallest absolute Gasteiger partial charge is 0.302 e. The molecule has 0 saturated heterocycles. The normalized spacial score (nSPS) is 39.7. The number of carbonyl (C=O) groups is 3. The average Bonchev–Trinajstić information content (AvgIpc) is 2.60. The minimum atomic E-state index is -1.97. The van der Waals surface area contributed by atoms with Crippen LogP contribution in [0.1, 0.15) is 13.3 Å². The van der Waals surface area contributed by atoms with Gasteiger partial charge in [0, 0.05) is 27.6 Å². The predicted molar refractivity (Wildman–Crippen MR) is 64.1 cm³/mol. The summed E-state index contributed by atoms with van der Waals surface area (Å²) in [6.07, 6.45) is -1.24. The first-order valence-electron chi connectivity index (χ1n) is 5.46. The minimum Gasteiger partial charge on any atom is -0.460 e. The predicted octanol–water partition coefficient (Wildman–Crippen LogP) is 0.418. The van der Waals surface area contributed by atoms with Gasteiger partial charge in [-0.25, -0.2) is 0 Å². The van der Waals surface area contributed by atoms with Crippen molar-refractivity contribution in [2.75, 3.05) is 14.2 Å². The van der Waals surface area contributed by atoms with Gasteiger partial charge in [0.05, 0.1) is 0 Å². The van der Waals surface area contributed by atoms with E-state index in [-0.39, 0.29) is 6.42 Å². The quantitative estimate of drug-likeness (QED) is 0.325. The number of carbonyl (C=O) groups excluding carboxylic acids is 3. The van der Waals surface area contributed by atoms with E-state index in [0.29, 0.717) is 0 Å². The van der Waals surface area contributed by atoms with Crippen LogP contribution in [-0.2, 0) is 28.6 Å². The molecular weight excluding hydrogens is 299 g/mol. The Hall–Kier alpha value is -0.690. The van der Waals surface area contributed by atoms with Gasteiger partial charge in [0.1, 0.15) is 6.10 Å². The lowest BCUT2D eigenvalue weighted by Gasteiger charge is -2.37. The molecule has 2 fully saturated rings. The van der Waals surface area contributed by atoms with E-state index in [1.165, 1.54) is 21.1 Å². The number of ketones is 2. The second-order valence-corrected chi connectivity index (χ2v) is 5.74. The summed E-state index contributed by atoms with van der Waals surface area (Å²) in [6, 6.07) is 0. The summed E-state index contributed by atoms with van der Waals surface area (Å²) in [6.45, 7) is 1.17. The van der Waals surface area contributed by atoms with E-state index >= 15 is 0 Å². The van der Waals surface area contributed by atoms with E-state index in [1.54, 1.807) is 0 Å². The number of methoxy groups -OCH3 is 2. The first kappa shape index (κ1) is 14.7. The summed E-state index contributed by atoms with van der Waals surface area (Å²) in [4.78, 5) is 31.4. The van der Waals surface area contributed by atoms with Crippen LogP contribution in [-0.4, -0.2) is 53.4 Å². The van der Waals surface area contributed by atoms with Crippen molar-refractivity contribution in [1.82, 2.24) is 0 Å². The molecule has 0 aromatic heterocycles. The zero-order valence-electron chi connectivity index (χ0n) is 10.5. The zero-order valence-corrected chi connectivity index (χ0v) is 12.0. The summed E-state index contributed by atoms with van der Waals surface area (Å²) in [7, 11) is 2.44. The van der Waals surface area contributed by atoms with Crippen molar-refractivity contribution < 1.29 is 28.6 Å². The lowest BCUT2D eigenvalue weighted by atomic mass is 9.94. The fourth-order valence-corrected chi connectivity index (χ4v) is 4.04. The van der Waals surface area contributed by atoms with Crippen molar-refractivity contribution in [2.24, 2.45) is 0 Å². The van der Waals surface area contributed by atoms with Crippen LogP contribution >= 0.6 is 23.2 Å². The number of alkyl halides is 2. The van der Waals surface area contributed by atoms with Crippen LogP contribution in [0.15, 0.2) is 0 Å². The summed E-state index contributed by atoms with van der Waals surface area (Å²) in [5.74, 6) is -4.36. The second-order valence-electron chi connectivity index (χ2n) is 4.50. The number of halogens is 2. The fourth-order valence-electron chi connectivity index (χ4n) is 2.94. The van der Waals surface area contributed by atoms with Gasteiger partial charge in [0.25, 0.3) is 0 Å². The maximum Gasteiger partial charge on any atom is 0.302 e. The zero-order chi connectivity index (χ0) is 14.6. The summed E-state index contributed by atoms with van der Waals surface area (Å²) in [5.41, 5.74) is 0. The molecule has 0 unspecified atom stereocenters. The van der Waals surface area contributed by atoms with Gasteiger partial charge >= 0.3 is 5.97 Å². The van der Waals surface area contributed by atoms with Gasteiger partial charge in [-0.2, -0.15) is 0 Å². The number of esters is 1. The van der Waals surface area contributed by atoms with Crippen LogP contribution in [0.5, 0.6) is 0 Å². The number of rotatable bonds is 3. The van der Waals surface area contributed by atoms with Crippen molar-refractivity contribution in [2.45, 2.75) is 35.0 Å². The van der Waals surface area contributed by atoms with Gasteiger partial charge in [0.15, 0.2) is 4.87 Å². The van der Waals surface area contributed by atoms with Crippen LogP contribution in [0.2, 0.25) is 0 Å². The van der Waals surface area contributed by atoms with E-state index in [9.17, 15) is 14.4 Å². The van der Waals surface area contributed by atoms with Crippen LogP contribution in [0.3, 0.4) is 0 Å². The molecule has 8 heteroatoms. The highest BCUT2D eigenvalue weighted by Crippen LogP contribution is 2.63. The molecule has 19 heavy (non-hydrogen) atoms. The molecule has 106 valence electrons. The number of Topliss-reactive ketones (excluding diaryl/α,β-unsaturated/α-hetero) is 2. The molecular formula is C11H12Cl2O6. The van der Waals surface area contributed by atoms with Crippen molar-refractivity contribution >= 4 is 40.7 Å². The first-order chi connectivity index (χ1) is 8.71. The maximum atomic E-state index is 12.1. The number of fused-ring (bicyclic) bond motifs is 2. The maximum absolute atomic E-state index is 12.1. The van der Waals surface area contributed by atoms with E-state index in [0.717, 1.165) is 0 Å². The molecule has 2 aliphatic rings. The minimum absolute atomic E-state index is 0.149. The molecule has 0 aromatic rings. The molecule has 0 aromatic carbocycles. The third kappa shape index (κ3) is 1.38. The van der Waals surface area contributed by atoms with Gasteiger partial charge in [-0.3, -0.25) is 14.4 Å². The lowest BCUT2D eigenvalue weighted by Crippen LogP contribution is -2.58. The standard InChI is InChI=1S/C11H12Cl2O6/c1-5(14)19-6-4-9(12)7(15)8(16)10(6,13)11(9,17-2)18-3/h6H,4H2,1-3H3/t6-,9+,10-/m0/s1. The molecule has 3 atom stereocenters. The van der Waals surface area contributed by atoms with Crippen LogP contribution in [0.25, 0.3) is 0 Å². The lowest BCUT2D eigenvalue weighted by molar-refractivity contribution is -0.223. The van der Waals surface area contributed by atoms with Crippen LogP contribution in [0.4, 0.5) is 0 Å². The SMILES string of the molecule is COC1(OC)[C@@]2(Cl)C[C@H](OC(C)=O)[C@]1(Cl)C(=O)C2=O. The molecule has 2 rings (SSSR count). The second kappa shape index (κ2) is 4.15. The molecule has 0 radical (unpaired) electrons. The number of ether oxygens (including phenoxy) is 3. The van der Waals surface area contributed by atoms with Crippen molar-refractivity contribution in [3.63, 3.8) is 0 Å². The molecule has 2 aliphatic carbocycles. The van der Waals surface area contributed by atoms with Gasteiger partial charge < -0.3 is 14.2 Å². The van der Waals surface area contributed by atoms with Gasteiger partial charge in [-0.05, 0) is 0 Å². The topological polar surface area (TPSA) is 78.9 Å². The summed E-state index contributed by atoms with van der Waals surface area (Å²) in [5, 5.41) is 0. The van der Waals surface area contributed by atoms with E-state index in [1.807, 2.05) is 0 Å². The van der Waals surface area contributed by atoms with E-state index in [4.69, 9.17) is 37.4 Å². The Bertz CT molecular complexity index is 474. The van der Waals surface area contributed by atoms with Gasteiger partial charge in [-0.1, -0.05) is 11.6 Å². The Morgan fingerprint density at radius 3 is 2.11 bits per heavy atom. The highest BCUT2D eigenvalue weighted by atomic mass is 35.5. The molecule has 0 aliphatic heterocycles. The number of hydrogen-bond acceptors (Lipinski definition) is 6. The van der Waals surface area contributed by atoms with E-state index in [2.05, 4.69) is 0 Å². The highest BCUT2D eigenvalue weighted by Gasteiger charge is 2.87. The Balaban J connectivity index is 2.61. The van der Waals surface area contributed by atoms with Crippen molar-refractivity contribution in [3.8, 4) is 0 Å². The third-order valence-electron chi connectivity index (χ3n) is 3.69. The molecule has 6 nitrogen and oxygen atoms in total. The fraction of sp³-hybridized carbons (Fsp3) is 0.727. The monoisotopic (exact) mass is 310 g/mol. The highest BCUT2D eigenvalue weighted by molar-refractivity contribution is 6.66. The summed E-state index contributed by atoms with van der Waals surface area (Å²) >= 11 is 12.5. The van der Waals surface area contributed by atoms with Crippen LogP contribution < -0.4 is 0 Å². The largest absolute Gasteiger partial charge is 0.460 e. The molecule has 0 amide bonds. The molecule has 0 heterocycles. The Morgan fingerprint density at radius 2 is 1.74 bits per heavy atom. The van der Waals surface area contributed by atoms with Gasteiger partial charge in [0.2, 0.25) is 22.2 Å². The Morgan fingerprint density at radius 1 is 1.21 bits per heavy atom. The molecule has 0 spiro atoms. The number of hydrogen-bond donors (Lipinski definition) is 0. The third-order valence-corrected chi connectivity index (χ3v) is 4.93. The molecule has 2 bridgehead atoms. The Kier molecular flexibility index (Phi) is 3.21. The van der Waals surface area contributed by atoms with Crippen molar-refractivity contribution in [1.29, 1.82) is 0 Å². The van der Waals surface area contributed by atoms with E-state index < -0.39 is 39.2 Å². The average molecular weight is 311 g/mol. The van der Waals surface area contributed by atoms with Gasteiger partial charge in [-0.15, -0.1) is 11.6 Å². The first-order valence-corrected chi connectivity index (χ1v) is 6.21. The summed E-state index contributed by atoms with van der Waals surface area (Å²) < 4.78 is 15.4.